The number of benzene rings is 2. The molecule has 0 spiro atoms. The van der Waals surface area contributed by atoms with Gasteiger partial charge < -0.3 is 10.6 Å². The van der Waals surface area contributed by atoms with Crippen molar-refractivity contribution in [2.75, 3.05) is 11.9 Å². The van der Waals surface area contributed by atoms with E-state index in [-0.39, 0.29) is 12.5 Å². The lowest BCUT2D eigenvalue weighted by Crippen LogP contribution is -2.28. The lowest BCUT2D eigenvalue weighted by Gasteiger charge is -2.10. The molecule has 2 aromatic rings. The number of aryl methyl sites for hydroxylation is 1. The van der Waals surface area contributed by atoms with Crippen LogP contribution >= 0.6 is 11.6 Å². The quantitative estimate of drug-likeness (QED) is 0.884. The predicted octanol–water partition coefficient (Wildman–Crippen LogP) is 3.69. The van der Waals surface area contributed by atoms with E-state index in [1.165, 1.54) is 11.1 Å². The standard InChI is InChI=1S/C17H19ClN2O/c1-12-5-3-6-14(9-12)10-19-11-17(21)20-16-8-4-7-15(18)13(16)2/h3-9,19H,10-11H2,1-2H3,(H,20,21). The maximum absolute atomic E-state index is 11.9. The summed E-state index contributed by atoms with van der Waals surface area (Å²) in [6, 6.07) is 13.7. The van der Waals surface area contributed by atoms with Gasteiger partial charge in [-0.25, -0.2) is 0 Å². The number of rotatable bonds is 5. The summed E-state index contributed by atoms with van der Waals surface area (Å²) in [4.78, 5) is 11.9. The van der Waals surface area contributed by atoms with Crippen LogP contribution in [0.2, 0.25) is 5.02 Å². The Morgan fingerprint density at radius 2 is 1.90 bits per heavy atom. The smallest absolute Gasteiger partial charge is 0.238 e. The van der Waals surface area contributed by atoms with Crippen molar-refractivity contribution in [2.24, 2.45) is 0 Å². The van der Waals surface area contributed by atoms with Crippen molar-refractivity contribution < 1.29 is 4.79 Å². The van der Waals surface area contributed by atoms with Gasteiger partial charge in [-0.2, -0.15) is 0 Å². The van der Waals surface area contributed by atoms with Crippen molar-refractivity contribution in [1.29, 1.82) is 0 Å². The molecule has 0 aliphatic rings. The van der Waals surface area contributed by atoms with Crippen LogP contribution in [0.4, 0.5) is 5.69 Å². The molecule has 0 saturated carbocycles. The Hall–Kier alpha value is -1.84. The van der Waals surface area contributed by atoms with Gasteiger partial charge in [-0.15, -0.1) is 0 Å². The topological polar surface area (TPSA) is 41.1 Å². The molecule has 2 N–H and O–H groups in total. The minimum Gasteiger partial charge on any atom is -0.325 e. The van der Waals surface area contributed by atoms with Gasteiger partial charge >= 0.3 is 0 Å². The monoisotopic (exact) mass is 302 g/mol. The van der Waals surface area contributed by atoms with Crippen LogP contribution in [0.1, 0.15) is 16.7 Å². The Kier molecular flexibility index (Phi) is 5.37. The highest BCUT2D eigenvalue weighted by Gasteiger charge is 2.06. The molecule has 0 bridgehead atoms. The van der Waals surface area contributed by atoms with Gasteiger partial charge in [-0.1, -0.05) is 47.5 Å². The van der Waals surface area contributed by atoms with Crippen LogP contribution in [0.5, 0.6) is 0 Å². The minimum atomic E-state index is -0.0759. The molecule has 0 heterocycles. The molecule has 4 heteroatoms. The summed E-state index contributed by atoms with van der Waals surface area (Å²) >= 11 is 6.03. The largest absolute Gasteiger partial charge is 0.325 e. The highest BCUT2D eigenvalue weighted by Crippen LogP contribution is 2.22. The Bertz CT molecular complexity index is 640. The second kappa shape index (κ2) is 7.25. The first-order valence-electron chi connectivity index (χ1n) is 6.87. The summed E-state index contributed by atoms with van der Waals surface area (Å²) in [5.74, 6) is -0.0759. The number of nitrogens with one attached hydrogen (secondary N) is 2. The summed E-state index contributed by atoms with van der Waals surface area (Å²) in [6.45, 7) is 4.87. The van der Waals surface area contributed by atoms with E-state index >= 15 is 0 Å². The fraction of sp³-hybridized carbons (Fsp3) is 0.235. The minimum absolute atomic E-state index is 0.0759. The first-order chi connectivity index (χ1) is 10.1. The highest BCUT2D eigenvalue weighted by atomic mass is 35.5. The zero-order chi connectivity index (χ0) is 15.2. The van der Waals surface area contributed by atoms with Gasteiger partial charge in [-0.05, 0) is 37.1 Å². The molecule has 110 valence electrons. The van der Waals surface area contributed by atoms with Crippen molar-refractivity contribution in [1.82, 2.24) is 5.32 Å². The maximum Gasteiger partial charge on any atom is 0.238 e. The van der Waals surface area contributed by atoms with Crippen LogP contribution in [0.15, 0.2) is 42.5 Å². The first-order valence-corrected chi connectivity index (χ1v) is 7.25. The van der Waals surface area contributed by atoms with Crippen LogP contribution in [0.3, 0.4) is 0 Å². The molecular weight excluding hydrogens is 284 g/mol. The van der Waals surface area contributed by atoms with E-state index in [4.69, 9.17) is 11.6 Å². The summed E-state index contributed by atoms with van der Waals surface area (Å²) in [5.41, 5.74) is 4.02. The molecule has 0 unspecified atom stereocenters. The Balaban J connectivity index is 1.84. The van der Waals surface area contributed by atoms with Crippen LogP contribution < -0.4 is 10.6 Å². The van der Waals surface area contributed by atoms with Gasteiger partial charge in [0.15, 0.2) is 0 Å². The van der Waals surface area contributed by atoms with Gasteiger partial charge in [0.05, 0.1) is 6.54 Å². The van der Waals surface area contributed by atoms with Crippen molar-refractivity contribution in [3.63, 3.8) is 0 Å². The van der Waals surface area contributed by atoms with Gasteiger partial charge in [0.2, 0.25) is 5.91 Å². The average Bonchev–Trinajstić information content (AvgIpc) is 2.44. The second-order valence-corrected chi connectivity index (χ2v) is 5.46. The lowest BCUT2D eigenvalue weighted by atomic mass is 10.1. The number of anilines is 1. The van der Waals surface area contributed by atoms with Gasteiger partial charge in [0, 0.05) is 17.3 Å². The number of carbonyl (C=O) groups is 1. The molecule has 2 rings (SSSR count). The molecule has 0 saturated heterocycles. The summed E-state index contributed by atoms with van der Waals surface area (Å²) in [6.07, 6.45) is 0. The SMILES string of the molecule is Cc1cccc(CNCC(=O)Nc2cccc(Cl)c2C)c1. The fourth-order valence-electron chi connectivity index (χ4n) is 2.08. The molecule has 0 radical (unpaired) electrons. The second-order valence-electron chi connectivity index (χ2n) is 5.05. The molecule has 2 aromatic carbocycles. The number of amides is 1. The van der Waals surface area contributed by atoms with Crippen LogP contribution in [0.25, 0.3) is 0 Å². The van der Waals surface area contributed by atoms with Gasteiger partial charge in [-0.3, -0.25) is 4.79 Å². The number of hydrogen-bond donors (Lipinski definition) is 2. The fourth-order valence-corrected chi connectivity index (χ4v) is 2.25. The van der Waals surface area contributed by atoms with E-state index in [0.717, 1.165) is 11.3 Å². The normalized spacial score (nSPS) is 10.4. The number of halogens is 1. The zero-order valence-electron chi connectivity index (χ0n) is 12.2. The first kappa shape index (κ1) is 15.5. The Morgan fingerprint density at radius 1 is 1.14 bits per heavy atom. The molecule has 0 aliphatic carbocycles. The van der Waals surface area contributed by atoms with E-state index in [2.05, 4.69) is 29.7 Å². The number of hydrogen-bond acceptors (Lipinski definition) is 2. The van der Waals surface area contributed by atoms with Crippen LogP contribution in [0, 0.1) is 13.8 Å². The number of carbonyl (C=O) groups excluding carboxylic acids is 1. The van der Waals surface area contributed by atoms with Gasteiger partial charge in [0.25, 0.3) is 0 Å². The molecular formula is C17H19ClN2O. The lowest BCUT2D eigenvalue weighted by molar-refractivity contribution is -0.115. The van der Waals surface area contributed by atoms with Crippen molar-refractivity contribution >= 4 is 23.2 Å². The molecule has 1 amide bonds. The molecule has 3 nitrogen and oxygen atoms in total. The molecule has 0 aromatic heterocycles. The Morgan fingerprint density at radius 3 is 2.67 bits per heavy atom. The zero-order valence-corrected chi connectivity index (χ0v) is 13.0. The van der Waals surface area contributed by atoms with E-state index in [1.54, 1.807) is 0 Å². The maximum atomic E-state index is 11.9. The van der Waals surface area contributed by atoms with Crippen molar-refractivity contribution in [3.05, 3.63) is 64.2 Å². The molecule has 0 aliphatic heterocycles. The van der Waals surface area contributed by atoms with Crippen molar-refractivity contribution in [3.8, 4) is 0 Å². The predicted molar refractivity (Wildman–Crippen MR) is 87.7 cm³/mol. The van der Waals surface area contributed by atoms with E-state index < -0.39 is 0 Å². The summed E-state index contributed by atoms with van der Waals surface area (Å²) in [5, 5.41) is 6.65. The third-order valence-corrected chi connectivity index (χ3v) is 3.65. The summed E-state index contributed by atoms with van der Waals surface area (Å²) < 4.78 is 0. The third-order valence-electron chi connectivity index (χ3n) is 3.24. The van der Waals surface area contributed by atoms with Gasteiger partial charge in [0.1, 0.15) is 0 Å². The third kappa shape index (κ3) is 4.59. The average molecular weight is 303 g/mol. The molecule has 0 atom stereocenters. The molecule has 0 fully saturated rings. The Labute approximate surface area is 130 Å². The van der Waals surface area contributed by atoms with E-state index in [9.17, 15) is 4.79 Å². The highest BCUT2D eigenvalue weighted by molar-refractivity contribution is 6.31. The van der Waals surface area contributed by atoms with Crippen LogP contribution in [-0.2, 0) is 11.3 Å². The van der Waals surface area contributed by atoms with Crippen LogP contribution in [-0.4, -0.2) is 12.5 Å². The molecule has 21 heavy (non-hydrogen) atoms. The van der Waals surface area contributed by atoms with E-state index in [0.29, 0.717) is 11.6 Å². The van der Waals surface area contributed by atoms with Crippen molar-refractivity contribution in [2.45, 2.75) is 20.4 Å². The summed E-state index contributed by atoms with van der Waals surface area (Å²) in [7, 11) is 0. The van der Waals surface area contributed by atoms with E-state index in [1.807, 2.05) is 37.3 Å².